The van der Waals surface area contributed by atoms with Crippen molar-refractivity contribution >= 4 is 40.5 Å². The van der Waals surface area contributed by atoms with Gasteiger partial charge in [0.2, 0.25) is 5.78 Å². The molecule has 2 aromatic rings. The van der Waals surface area contributed by atoms with Gasteiger partial charge in [0, 0.05) is 17.2 Å². The van der Waals surface area contributed by atoms with Crippen LogP contribution in [0.1, 0.15) is 39.2 Å². The quantitative estimate of drug-likeness (QED) is 0.796. The van der Waals surface area contributed by atoms with Crippen LogP contribution in [-0.2, 0) is 18.7 Å². The lowest BCUT2D eigenvalue weighted by Crippen LogP contribution is -2.11. The maximum absolute atomic E-state index is 12.7. The van der Waals surface area contributed by atoms with Gasteiger partial charge in [0.15, 0.2) is 0 Å². The predicted octanol–water partition coefficient (Wildman–Crippen LogP) is 4.03. The van der Waals surface area contributed by atoms with Crippen molar-refractivity contribution in [3.8, 4) is 0 Å². The lowest BCUT2D eigenvalue weighted by atomic mass is 10.2. The Morgan fingerprint density at radius 2 is 2.40 bits per heavy atom. The zero-order chi connectivity index (χ0) is 14.1. The van der Waals surface area contributed by atoms with Crippen LogP contribution in [-0.4, -0.2) is 21.3 Å². The number of thiophene rings is 1. The van der Waals surface area contributed by atoms with Gasteiger partial charge >= 0.3 is 0 Å². The van der Waals surface area contributed by atoms with Crippen LogP contribution in [0.15, 0.2) is 12.3 Å². The molecule has 0 atom stereocenters. The minimum Gasteiger partial charge on any atom is -0.286 e. The zero-order valence-corrected chi connectivity index (χ0v) is 13.6. The number of ketones is 1. The van der Waals surface area contributed by atoms with Crippen LogP contribution in [0.2, 0.25) is 5.02 Å². The molecule has 0 spiro atoms. The van der Waals surface area contributed by atoms with Gasteiger partial charge in [0.05, 0.1) is 16.1 Å². The summed E-state index contributed by atoms with van der Waals surface area (Å²) in [7, 11) is 0. The molecule has 1 aliphatic heterocycles. The fourth-order valence-electron chi connectivity index (χ4n) is 2.35. The van der Waals surface area contributed by atoms with Crippen LogP contribution >= 0.6 is 34.7 Å². The molecule has 20 heavy (non-hydrogen) atoms. The van der Waals surface area contributed by atoms with Crippen molar-refractivity contribution in [1.82, 2.24) is 9.78 Å². The Morgan fingerprint density at radius 1 is 1.55 bits per heavy atom. The van der Waals surface area contributed by atoms with Crippen LogP contribution in [0.25, 0.3) is 0 Å². The van der Waals surface area contributed by atoms with Gasteiger partial charge in [-0.1, -0.05) is 18.5 Å². The number of aromatic nitrogens is 2. The topological polar surface area (TPSA) is 34.9 Å². The number of carbonyl (C=O) groups excluding carboxylic acids is 1. The molecule has 3 rings (SSSR count). The summed E-state index contributed by atoms with van der Waals surface area (Å²) in [6.07, 6.45) is 3.56. The molecule has 3 heterocycles. The van der Waals surface area contributed by atoms with Crippen molar-refractivity contribution in [2.75, 3.05) is 5.75 Å². The number of hydrogen-bond donors (Lipinski definition) is 0. The second kappa shape index (κ2) is 5.92. The van der Waals surface area contributed by atoms with Crippen molar-refractivity contribution in [2.45, 2.75) is 32.1 Å². The predicted molar refractivity (Wildman–Crippen MR) is 85.1 cm³/mol. The van der Waals surface area contributed by atoms with Crippen molar-refractivity contribution in [3.63, 3.8) is 0 Å². The number of carbonyl (C=O) groups is 1. The molecule has 2 aromatic heterocycles. The van der Waals surface area contributed by atoms with Gasteiger partial charge in [-0.25, -0.2) is 0 Å². The van der Waals surface area contributed by atoms with Gasteiger partial charge in [-0.2, -0.15) is 16.9 Å². The molecule has 0 saturated heterocycles. The van der Waals surface area contributed by atoms with E-state index < -0.39 is 0 Å². The van der Waals surface area contributed by atoms with E-state index in [0.29, 0.717) is 17.3 Å². The summed E-state index contributed by atoms with van der Waals surface area (Å²) in [6, 6.07) is 2.04. The lowest BCUT2D eigenvalue weighted by Gasteiger charge is -2.08. The van der Waals surface area contributed by atoms with Crippen LogP contribution < -0.4 is 0 Å². The maximum Gasteiger partial charge on any atom is 0.222 e. The molecule has 6 heteroatoms. The van der Waals surface area contributed by atoms with Crippen molar-refractivity contribution in [1.29, 1.82) is 0 Å². The largest absolute Gasteiger partial charge is 0.286 e. The molecule has 0 radical (unpaired) electrons. The highest BCUT2D eigenvalue weighted by Gasteiger charge is 2.23. The Morgan fingerprint density at radius 3 is 3.15 bits per heavy atom. The molecule has 106 valence electrons. The summed E-state index contributed by atoms with van der Waals surface area (Å²) in [5, 5.41) is 4.65. The average molecular weight is 327 g/mol. The van der Waals surface area contributed by atoms with Crippen molar-refractivity contribution in [2.24, 2.45) is 0 Å². The third-order valence-electron chi connectivity index (χ3n) is 3.30. The van der Waals surface area contributed by atoms with Gasteiger partial charge in [-0.3, -0.25) is 9.48 Å². The Balaban J connectivity index is 1.96. The molecule has 0 bridgehead atoms. The van der Waals surface area contributed by atoms with Crippen LogP contribution in [0.4, 0.5) is 0 Å². The van der Waals surface area contributed by atoms with Gasteiger partial charge in [0.25, 0.3) is 0 Å². The van der Waals surface area contributed by atoms with Crippen LogP contribution in [0.3, 0.4) is 0 Å². The summed E-state index contributed by atoms with van der Waals surface area (Å²) in [5.74, 6) is 2.17. The van der Waals surface area contributed by atoms with E-state index in [0.717, 1.165) is 29.2 Å². The lowest BCUT2D eigenvalue weighted by molar-refractivity contribution is 0.103. The molecule has 0 N–H and O–H groups in total. The Kier molecular flexibility index (Phi) is 4.19. The molecule has 0 fully saturated rings. The monoisotopic (exact) mass is 326 g/mol. The van der Waals surface area contributed by atoms with E-state index in [9.17, 15) is 4.79 Å². The number of thioether (sulfide) groups is 1. The summed E-state index contributed by atoms with van der Waals surface area (Å²) < 4.78 is 1.72. The number of rotatable bonds is 4. The smallest absolute Gasteiger partial charge is 0.222 e. The Bertz CT molecular complexity index is 624. The van der Waals surface area contributed by atoms with E-state index in [2.05, 4.69) is 12.0 Å². The molecule has 0 unspecified atom stereocenters. The Labute approximate surface area is 131 Å². The van der Waals surface area contributed by atoms with Gasteiger partial charge < -0.3 is 0 Å². The van der Waals surface area contributed by atoms with E-state index in [4.69, 9.17) is 11.6 Å². The SMILES string of the molecule is CCCn1ncc(Cl)c1C(=O)c1cc2c(s1)CCSC2. The minimum absolute atomic E-state index is 0.00495. The van der Waals surface area contributed by atoms with E-state index in [1.54, 1.807) is 22.2 Å². The fourth-order valence-corrected chi connectivity index (χ4v) is 4.89. The Hall–Kier alpha value is -0.780. The standard InChI is InChI=1S/C14H15ClN2OS2/c1-2-4-17-13(10(15)7-16-17)14(18)12-6-9-8-19-5-3-11(9)20-12/h6-7H,2-5,8H2,1H3. The van der Waals surface area contributed by atoms with Crippen molar-refractivity contribution in [3.05, 3.63) is 38.3 Å². The number of aryl methyl sites for hydroxylation is 2. The molecule has 0 aliphatic carbocycles. The summed E-state index contributed by atoms with van der Waals surface area (Å²) in [6.45, 7) is 2.78. The van der Waals surface area contributed by atoms with Crippen LogP contribution in [0.5, 0.6) is 0 Å². The van der Waals surface area contributed by atoms with E-state index in [1.165, 1.54) is 10.4 Å². The summed E-state index contributed by atoms with van der Waals surface area (Å²) in [5.41, 5.74) is 1.84. The maximum atomic E-state index is 12.7. The zero-order valence-electron chi connectivity index (χ0n) is 11.2. The molecular formula is C14H15ClN2OS2. The number of hydrogen-bond acceptors (Lipinski definition) is 4. The molecule has 3 nitrogen and oxygen atoms in total. The second-order valence-corrected chi connectivity index (χ2v) is 7.40. The van der Waals surface area contributed by atoms with Gasteiger partial charge in [0.1, 0.15) is 5.69 Å². The molecule has 0 amide bonds. The fraction of sp³-hybridized carbons (Fsp3) is 0.429. The molecule has 1 aliphatic rings. The first kappa shape index (κ1) is 14.2. The first-order valence-electron chi connectivity index (χ1n) is 6.66. The highest BCUT2D eigenvalue weighted by Crippen LogP contribution is 2.33. The number of nitrogens with zero attached hydrogens (tertiary/aromatic N) is 2. The van der Waals surface area contributed by atoms with Gasteiger partial charge in [-0.15, -0.1) is 11.3 Å². The first-order chi connectivity index (χ1) is 9.70. The van der Waals surface area contributed by atoms with Crippen LogP contribution in [0, 0.1) is 0 Å². The third-order valence-corrected chi connectivity index (χ3v) is 5.82. The summed E-state index contributed by atoms with van der Waals surface area (Å²) in [4.78, 5) is 14.8. The summed E-state index contributed by atoms with van der Waals surface area (Å²) >= 11 is 9.69. The number of fused-ring (bicyclic) bond motifs is 1. The number of halogens is 1. The first-order valence-corrected chi connectivity index (χ1v) is 9.01. The van der Waals surface area contributed by atoms with E-state index in [-0.39, 0.29) is 5.78 Å². The van der Waals surface area contributed by atoms with E-state index >= 15 is 0 Å². The highest BCUT2D eigenvalue weighted by molar-refractivity contribution is 7.98. The minimum atomic E-state index is 0.00495. The average Bonchev–Trinajstić information content (AvgIpc) is 3.02. The third kappa shape index (κ3) is 2.54. The van der Waals surface area contributed by atoms with Gasteiger partial charge in [-0.05, 0) is 30.2 Å². The normalized spacial score (nSPS) is 14.3. The molecular weight excluding hydrogens is 312 g/mol. The molecule has 0 saturated carbocycles. The van der Waals surface area contributed by atoms with E-state index in [1.807, 2.05) is 17.8 Å². The molecule has 0 aromatic carbocycles. The van der Waals surface area contributed by atoms with Crippen molar-refractivity contribution < 1.29 is 4.79 Å². The highest BCUT2D eigenvalue weighted by atomic mass is 35.5. The second-order valence-electron chi connectivity index (χ2n) is 4.76.